The van der Waals surface area contributed by atoms with Crippen LogP contribution in [0, 0.1) is 0 Å². The molecule has 0 spiro atoms. The zero-order valence-corrected chi connectivity index (χ0v) is 10.7. The minimum atomic E-state index is -0.575. The summed E-state index contributed by atoms with van der Waals surface area (Å²) in [5, 5.41) is 11.8. The lowest BCUT2D eigenvalue weighted by Gasteiger charge is -2.15. The Kier molecular flexibility index (Phi) is 5.69. The van der Waals surface area contributed by atoms with Gasteiger partial charge in [0.05, 0.1) is 12.3 Å². The van der Waals surface area contributed by atoms with E-state index in [1.807, 2.05) is 0 Å². The second-order valence-corrected chi connectivity index (χ2v) is 3.90. The monoisotopic (exact) mass is 265 g/mol. The summed E-state index contributed by atoms with van der Waals surface area (Å²) in [6, 6.07) is 3.02. The molecule has 0 unspecified atom stereocenters. The van der Waals surface area contributed by atoms with Gasteiger partial charge in [0, 0.05) is 25.1 Å². The molecule has 6 heteroatoms. The maximum atomic E-state index is 11.2. The third kappa shape index (κ3) is 4.18. The first-order valence-corrected chi connectivity index (χ1v) is 5.92. The maximum Gasteiger partial charge on any atom is 0.248 e. The molecule has 0 aliphatic rings. The van der Waals surface area contributed by atoms with Crippen molar-refractivity contribution in [3.8, 4) is 5.75 Å². The summed E-state index contributed by atoms with van der Waals surface area (Å²) in [6.45, 7) is 4.46. The molecule has 6 nitrogen and oxygen atoms in total. The number of benzene rings is 1. The van der Waals surface area contributed by atoms with E-state index in [2.05, 4.69) is 11.9 Å². The van der Waals surface area contributed by atoms with E-state index in [-0.39, 0.29) is 12.2 Å². The SMILES string of the molecule is C=CCNc1c(N)cc(C(N)=O)cc1OCCCO. The van der Waals surface area contributed by atoms with E-state index in [9.17, 15) is 4.79 Å². The summed E-state index contributed by atoms with van der Waals surface area (Å²) >= 11 is 0. The number of hydrogen-bond donors (Lipinski definition) is 4. The third-order valence-electron chi connectivity index (χ3n) is 2.40. The molecule has 0 aromatic heterocycles. The number of rotatable bonds is 8. The van der Waals surface area contributed by atoms with E-state index in [0.29, 0.717) is 36.7 Å². The van der Waals surface area contributed by atoms with Crippen molar-refractivity contribution >= 4 is 17.3 Å². The number of ether oxygens (including phenoxy) is 1. The van der Waals surface area contributed by atoms with Crippen LogP contribution in [0.1, 0.15) is 16.8 Å². The highest BCUT2D eigenvalue weighted by Gasteiger charge is 2.12. The van der Waals surface area contributed by atoms with Crippen LogP contribution in [0.2, 0.25) is 0 Å². The Labute approximate surface area is 112 Å². The third-order valence-corrected chi connectivity index (χ3v) is 2.40. The second kappa shape index (κ2) is 7.27. The summed E-state index contributed by atoms with van der Waals surface area (Å²) in [4.78, 5) is 11.2. The lowest BCUT2D eigenvalue weighted by molar-refractivity contribution is 0.1000. The molecular formula is C13H19N3O3. The van der Waals surface area contributed by atoms with E-state index >= 15 is 0 Å². The van der Waals surface area contributed by atoms with Crippen molar-refractivity contribution in [2.45, 2.75) is 6.42 Å². The number of nitrogens with two attached hydrogens (primary N) is 2. The Bertz CT molecular complexity index is 461. The molecule has 19 heavy (non-hydrogen) atoms. The van der Waals surface area contributed by atoms with Crippen molar-refractivity contribution in [2.24, 2.45) is 5.73 Å². The quantitative estimate of drug-likeness (QED) is 0.314. The molecule has 0 aliphatic carbocycles. The Morgan fingerprint density at radius 3 is 2.84 bits per heavy atom. The Morgan fingerprint density at radius 1 is 1.53 bits per heavy atom. The molecule has 104 valence electrons. The van der Waals surface area contributed by atoms with Gasteiger partial charge < -0.3 is 26.6 Å². The molecule has 0 radical (unpaired) electrons. The number of aliphatic hydroxyl groups is 1. The average Bonchev–Trinajstić information content (AvgIpc) is 2.37. The molecular weight excluding hydrogens is 246 g/mol. The molecule has 1 aromatic rings. The fourth-order valence-corrected chi connectivity index (χ4v) is 1.50. The molecule has 1 aromatic carbocycles. The van der Waals surface area contributed by atoms with Gasteiger partial charge in [0.15, 0.2) is 0 Å². The molecule has 1 rings (SSSR count). The van der Waals surface area contributed by atoms with Gasteiger partial charge >= 0.3 is 0 Å². The largest absolute Gasteiger partial charge is 0.491 e. The van der Waals surface area contributed by atoms with Gasteiger partial charge in [-0.05, 0) is 12.1 Å². The van der Waals surface area contributed by atoms with Crippen molar-refractivity contribution in [1.82, 2.24) is 0 Å². The summed E-state index contributed by atoms with van der Waals surface area (Å²) in [5.74, 6) is -0.141. The van der Waals surface area contributed by atoms with Crippen molar-refractivity contribution < 1.29 is 14.6 Å². The Balaban J connectivity index is 3.03. The number of aliphatic hydroxyl groups excluding tert-OH is 1. The number of anilines is 2. The van der Waals surface area contributed by atoms with Crippen LogP contribution < -0.4 is 21.5 Å². The van der Waals surface area contributed by atoms with Gasteiger partial charge in [-0.2, -0.15) is 0 Å². The number of hydrogen-bond acceptors (Lipinski definition) is 5. The van der Waals surface area contributed by atoms with E-state index < -0.39 is 5.91 Å². The van der Waals surface area contributed by atoms with Crippen LogP contribution in [-0.2, 0) is 0 Å². The molecule has 0 saturated carbocycles. The number of carbonyl (C=O) groups excluding carboxylic acids is 1. The number of nitrogens with one attached hydrogen (secondary N) is 1. The van der Waals surface area contributed by atoms with Crippen LogP contribution in [0.5, 0.6) is 5.75 Å². The lowest BCUT2D eigenvalue weighted by atomic mass is 10.1. The highest BCUT2D eigenvalue weighted by molar-refractivity contribution is 5.96. The van der Waals surface area contributed by atoms with Crippen molar-refractivity contribution in [3.63, 3.8) is 0 Å². The molecule has 0 atom stereocenters. The lowest BCUT2D eigenvalue weighted by Crippen LogP contribution is -2.14. The summed E-state index contributed by atoms with van der Waals surface area (Å²) in [6.07, 6.45) is 2.17. The van der Waals surface area contributed by atoms with Crippen molar-refractivity contribution in [2.75, 3.05) is 30.8 Å². The first kappa shape index (κ1) is 14.8. The standard InChI is InChI=1S/C13H19N3O3/c1-2-4-16-12-10(14)7-9(13(15)18)8-11(12)19-6-3-5-17/h2,7-8,16-17H,1,3-6,14H2,(H2,15,18). The topological polar surface area (TPSA) is 111 Å². The molecule has 0 fully saturated rings. The van der Waals surface area contributed by atoms with Gasteiger partial charge in [0.2, 0.25) is 5.91 Å². The van der Waals surface area contributed by atoms with Gasteiger partial charge in [-0.1, -0.05) is 6.08 Å². The maximum absolute atomic E-state index is 11.2. The van der Waals surface area contributed by atoms with E-state index in [1.54, 1.807) is 6.08 Å². The number of primary amides is 1. The predicted molar refractivity (Wildman–Crippen MR) is 75.3 cm³/mol. The van der Waals surface area contributed by atoms with Crippen LogP contribution in [0.25, 0.3) is 0 Å². The van der Waals surface area contributed by atoms with Crippen LogP contribution in [0.3, 0.4) is 0 Å². The van der Waals surface area contributed by atoms with Crippen LogP contribution in [0.15, 0.2) is 24.8 Å². The average molecular weight is 265 g/mol. The molecule has 0 saturated heterocycles. The Morgan fingerprint density at radius 2 is 2.26 bits per heavy atom. The predicted octanol–water partition coefficient (Wildman–Crippen LogP) is 0.727. The minimum Gasteiger partial charge on any atom is -0.491 e. The smallest absolute Gasteiger partial charge is 0.248 e. The molecule has 0 heterocycles. The fourth-order valence-electron chi connectivity index (χ4n) is 1.50. The van der Waals surface area contributed by atoms with E-state index in [1.165, 1.54) is 12.1 Å². The zero-order chi connectivity index (χ0) is 14.3. The molecule has 0 bridgehead atoms. The molecule has 6 N–H and O–H groups in total. The normalized spacial score (nSPS) is 9.95. The first-order chi connectivity index (χ1) is 9.10. The van der Waals surface area contributed by atoms with Crippen LogP contribution in [-0.4, -0.2) is 30.8 Å². The van der Waals surface area contributed by atoms with Crippen LogP contribution >= 0.6 is 0 Å². The highest BCUT2D eigenvalue weighted by atomic mass is 16.5. The number of nitrogen functional groups attached to an aromatic ring is 1. The number of carbonyl (C=O) groups is 1. The van der Waals surface area contributed by atoms with Gasteiger partial charge in [0.25, 0.3) is 0 Å². The van der Waals surface area contributed by atoms with Crippen LogP contribution in [0.4, 0.5) is 11.4 Å². The number of amides is 1. The minimum absolute atomic E-state index is 0.0282. The zero-order valence-electron chi connectivity index (χ0n) is 10.7. The highest BCUT2D eigenvalue weighted by Crippen LogP contribution is 2.32. The summed E-state index contributed by atoms with van der Waals surface area (Å²) in [7, 11) is 0. The van der Waals surface area contributed by atoms with Crippen molar-refractivity contribution in [3.05, 3.63) is 30.4 Å². The second-order valence-electron chi connectivity index (χ2n) is 3.90. The summed E-state index contributed by atoms with van der Waals surface area (Å²) < 4.78 is 5.50. The van der Waals surface area contributed by atoms with Gasteiger partial charge in [-0.3, -0.25) is 4.79 Å². The van der Waals surface area contributed by atoms with Gasteiger partial charge in [-0.25, -0.2) is 0 Å². The first-order valence-electron chi connectivity index (χ1n) is 5.92. The Hall–Kier alpha value is -2.21. The van der Waals surface area contributed by atoms with E-state index in [0.717, 1.165) is 0 Å². The van der Waals surface area contributed by atoms with E-state index in [4.69, 9.17) is 21.3 Å². The summed E-state index contributed by atoms with van der Waals surface area (Å²) in [5.41, 5.74) is 12.3. The fraction of sp³-hybridized carbons (Fsp3) is 0.308. The van der Waals surface area contributed by atoms with Crippen molar-refractivity contribution in [1.29, 1.82) is 0 Å². The molecule has 1 amide bonds. The molecule has 0 aliphatic heterocycles. The van der Waals surface area contributed by atoms with Gasteiger partial charge in [-0.15, -0.1) is 6.58 Å². The van der Waals surface area contributed by atoms with Gasteiger partial charge in [0.1, 0.15) is 11.4 Å².